The van der Waals surface area contributed by atoms with Gasteiger partial charge in [-0.2, -0.15) is 5.10 Å². The Morgan fingerprint density at radius 2 is 2.12 bits per heavy atom. The van der Waals surface area contributed by atoms with Crippen molar-refractivity contribution in [1.82, 2.24) is 9.78 Å². The maximum atomic E-state index is 12.0. The summed E-state index contributed by atoms with van der Waals surface area (Å²) in [4.78, 5) is 12.0. The molecular weight excluding hydrogens is 308 g/mol. The van der Waals surface area contributed by atoms with Crippen LogP contribution < -0.4 is 4.74 Å². The van der Waals surface area contributed by atoms with E-state index in [0.29, 0.717) is 6.61 Å². The Bertz CT molecular complexity index is 751. The maximum absolute atomic E-state index is 12.0. The number of rotatable bonds is 4. The monoisotopic (exact) mass is 330 g/mol. The van der Waals surface area contributed by atoms with Gasteiger partial charge in [0.2, 0.25) is 0 Å². The van der Waals surface area contributed by atoms with Crippen molar-refractivity contribution in [3.8, 4) is 17.0 Å². The van der Waals surface area contributed by atoms with Crippen LogP contribution in [0.3, 0.4) is 0 Å². The van der Waals surface area contributed by atoms with Crippen LogP contribution >= 0.6 is 0 Å². The fourth-order valence-electron chi connectivity index (χ4n) is 3.13. The predicted molar refractivity (Wildman–Crippen MR) is 89.2 cm³/mol. The van der Waals surface area contributed by atoms with Crippen molar-refractivity contribution in [3.63, 3.8) is 0 Å². The molecule has 0 spiro atoms. The number of carbonyl (C=O) groups excluding carboxylic acids is 1. The van der Waals surface area contributed by atoms with E-state index in [0.717, 1.165) is 23.4 Å². The maximum Gasteiger partial charge on any atom is 0.358 e. The average molecular weight is 330 g/mol. The van der Waals surface area contributed by atoms with Crippen LogP contribution in [-0.2, 0) is 9.47 Å². The Morgan fingerprint density at radius 1 is 1.33 bits per heavy atom. The molecule has 6 heteroatoms. The summed E-state index contributed by atoms with van der Waals surface area (Å²) in [6.07, 6.45) is 0.840. The SMILES string of the molecule is COC(=O)c1cc(-c2cccc(OC)c2)n(C2CCOC2(C)C)n1. The van der Waals surface area contributed by atoms with Gasteiger partial charge in [0, 0.05) is 12.2 Å². The highest BCUT2D eigenvalue weighted by molar-refractivity contribution is 5.88. The van der Waals surface area contributed by atoms with Crippen molar-refractivity contribution in [1.29, 1.82) is 0 Å². The second-order valence-electron chi connectivity index (χ2n) is 6.34. The van der Waals surface area contributed by atoms with Crippen molar-refractivity contribution < 1.29 is 19.0 Å². The van der Waals surface area contributed by atoms with Gasteiger partial charge in [-0.3, -0.25) is 4.68 Å². The molecule has 1 atom stereocenters. The van der Waals surface area contributed by atoms with E-state index in [1.165, 1.54) is 7.11 Å². The zero-order valence-corrected chi connectivity index (χ0v) is 14.4. The number of aromatic nitrogens is 2. The number of hydrogen-bond acceptors (Lipinski definition) is 5. The van der Waals surface area contributed by atoms with Crippen molar-refractivity contribution in [2.75, 3.05) is 20.8 Å². The van der Waals surface area contributed by atoms with E-state index in [-0.39, 0.29) is 17.3 Å². The summed E-state index contributed by atoms with van der Waals surface area (Å²) in [5.41, 5.74) is 1.71. The molecule has 0 bridgehead atoms. The summed E-state index contributed by atoms with van der Waals surface area (Å²) >= 11 is 0. The molecule has 1 unspecified atom stereocenters. The van der Waals surface area contributed by atoms with Gasteiger partial charge in [0.15, 0.2) is 5.69 Å². The van der Waals surface area contributed by atoms with E-state index in [4.69, 9.17) is 14.2 Å². The molecule has 24 heavy (non-hydrogen) atoms. The van der Waals surface area contributed by atoms with Gasteiger partial charge in [0.05, 0.1) is 31.6 Å². The Hall–Kier alpha value is -2.34. The molecule has 2 heterocycles. The Kier molecular flexibility index (Phi) is 4.32. The number of methoxy groups -OCH3 is 2. The molecule has 6 nitrogen and oxygen atoms in total. The van der Waals surface area contributed by atoms with Crippen LogP contribution in [0.15, 0.2) is 30.3 Å². The Balaban J connectivity index is 2.12. The lowest BCUT2D eigenvalue weighted by atomic mass is 9.98. The average Bonchev–Trinajstić information content (AvgIpc) is 3.16. The molecule has 0 amide bonds. The van der Waals surface area contributed by atoms with E-state index in [2.05, 4.69) is 5.10 Å². The van der Waals surface area contributed by atoms with Crippen LogP contribution in [0.1, 0.15) is 36.8 Å². The first-order valence-corrected chi connectivity index (χ1v) is 7.92. The summed E-state index contributed by atoms with van der Waals surface area (Å²) in [7, 11) is 2.99. The van der Waals surface area contributed by atoms with Gasteiger partial charge in [-0.15, -0.1) is 0 Å². The zero-order chi connectivity index (χ0) is 17.3. The van der Waals surface area contributed by atoms with E-state index in [1.807, 2.05) is 42.8 Å². The first-order valence-electron chi connectivity index (χ1n) is 7.92. The van der Waals surface area contributed by atoms with Crippen LogP contribution in [-0.4, -0.2) is 42.2 Å². The topological polar surface area (TPSA) is 62.6 Å². The zero-order valence-electron chi connectivity index (χ0n) is 14.4. The van der Waals surface area contributed by atoms with Crippen LogP contribution in [0.5, 0.6) is 5.75 Å². The highest BCUT2D eigenvalue weighted by Crippen LogP contribution is 2.38. The molecule has 1 aliphatic heterocycles. The van der Waals surface area contributed by atoms with Gasteiger partial charge in [-0.1, -0.05) is 12.1 Å². The fourth-order valence-corrected chi connectivity index (χ4v) is 3.13. The molecule has 0 radical (unpaired) electrons. The van der Waals surface area contributed by atoms with E-state index < -0.39 is 5.97 Å². The van der Waals surface area contributed by atoms with Crippen LogP contribution in [0.4, 0.5) is 0 Å². The number of carbonyl (C=O) groups is 1. The highest BCUT2D eigenvalue weighted by atomic mass is 16.5. The Morgan fingerprint density at radius 3 is 2.75 bits per heavy atom. The first-order chi connectivity index (χ1) is 11.5. The number of ether oxygens (including phenoxy) is 3. The summed E-state index contributed by atoms with van der Waals surface area (Å²) in [5, 5.41) is 4.51. The molecule has 128 valence electrons. The molecule has 1 fully saturated rings. The van der Waals surface area contributed by atoms with Crippen LogP contribution in [0, 0.1) is 0 Å². The van der Waals surface area contributed by atoms with E-state index in [9.17, 15) is 4.79 Å². The summed E-state index contributed by atoms with van der Waals surface area (Å²) in [6.45, 7) is 4.75. The fraction of sp³-hybridized carbons (Fsp3) is 0.444. The lowest BCUT2D eigenvalue weighted by Gasteiger charge is -2.27. The smallest absolute Gasteiger partial charge is 0.358 e. The highest BCUT2D eigenvalue weighted by Gasteiger charge is 2.39. The van der Waals surface area contributed by atoms with E-state index >= 15 is 0 Å². The van der Waals surface area contributed by atoms with Crippen molar-refractivity contribution in [2.24, 2.45) is 0 Å². The molecule has 3 rings (SSSR count). The normalized spacial score (nSPS) is 19.2. The standard InChI is InChI=1S/C18H22N2O4/c1-18(2)16(8-9-24-18)20-15(11-14(19-20)17(21)23-4)12-6-5-7-13(10-12)22-3/h5-7,10-11,16H,8-9H2,1-4H3. The second-order valence-corrected chi connectivity index (χ2v) is 6.34. The number of esters is 1. The van der Waals surface area contributed by atoms with Crippen LogP contribution in [0.2, 0.25) is 0 Å². The van der Waals surface area contributed by atoms with Gasteiger partial charge in [0.1, 0.15) is 5.75 Å². The molecular formula is C18H22N2O4. The third-order valence-corrected chi connectivity index (χ3v) is 4.46. The summed E-state index contributed by atoms with van der Waals surface area (Å²) < 4.78 is 17.9. The molecule has 1 aromatic carbocycles. The quantitative estimate of drug-likeness (QED) is 0.806. The molecule has 1 aliphatic rings. The minimum Gasteiger partial charge on any atom is -0.497 e. The van der Waals surface area contributed by atoms with Gasteiger partial charge in [0.25, 0.3) is 0 Å². The van der Waals surface area contributed by atoms with Crippen molar-refractivity contribution in [3.05, 3.63) is 36.0 Å². The number of benzene rings is 1. The predicted octanol–water partition coefficient (Wildman–Crippen LogP) is 3.09. The minimum atomic E-state index is -0.449. The van der Waals surface area contributed by atoms with Gasteiger partial charge in [-0.25, -0.2) is 4.79 Å². The molecule has 1 aromatic heterocycles. The van der Waals surface area contributed by atoms with Gasteiger partial charge >= 0.3 is 5.97 Å². The third kappa shape index (κ3) is 2.89. The summed E-state index contributed by atoms with van der Waals surface area (Å²) in [6, 6.07) is 9.50. The van der Waals surface area contributed by atoms with Crippen molar-refractivity contribution in [2.45, 2.75) is 31.9 Å². The molecule has 1 saturated heterocycles. The Labute approximate surface area is 141 Å². The van der Waals surface area contributed by atoms with Crippen molar-refractivity contribution >= 4 is 5.97 Å². The summed E-state index contributed by atoms with van der Waals surface area (Å²) in [5.74, 6) is 0.302. The lowest BCUT2D eigenvalue weighted by molar-refractivity contribution is 0.0120. The number of hydrogen-bond donors (Lipinski definition) is 0. The molecule has 2 aromatic rings. The second kappa shape index (κ2) is 6.28. The van der Waals surface area contributed by atoms with Gasteiger partial charge in [-0.05, 0) is 38.5 Å². The third-order valence-electron chi connectivity index (χ3n) is 4.46. The molecule has 0 aliphatic carbocycles. The molecule has 0 N–H and O–H groups in total. The van der Waals surface area contributed by atoms with Gasteiger partial charge < -0.3 is 14.2 Å². The van der Waals surface area contributed by atoms with Crippen LogP contribution in [0.25, 0.3) is 11.3 Å². The lowest BCUT2D eigenvalue weighted by Crippen LogP contribution is -2.31. The minimum absolute atomic E-state index is 0.0390. The largest absolute Gasteiger partial charge is 0.497 e. The number of nitrogens with zero attached hydrogens (tertiary/aromatic N) is 2. The van der Waals surface area contributed by atoms with E-state index in [1.54, 1.807) is 13.2 Å². The first kappa shape index (κ1) is 16.5. The molecule has 0 saturated carbocycles.